The van der Waals surface area contributed by atoms with Crippen molar-refractivity contribution in [2.75, 3.05) is 11.5 Å². The molecule has 1 rings (SSSR count). The first-order valence-electron chi connectivity index (χ1n) is 5.00. The zero-order valence-corrected chi connectivity index (χ0v) is 9.51. The predicted molar refractivity (Wildman–Crippen MR) is 57.5 cm³/mol. The highest BCUT2D eigenvalue weighted by atomic mass is 32.2. The molecule has 1 fully saturated rings. The van der Waals surface area contributed by atoms with Gasteiger partial charge in [-0.3, -0.25) is 4.79 Å². The zero-order valence-electron chi connectivity index (χ0n) is 8.69. The Hall–Kier alpha value is -0.220. The highest BCUT2D eigenvalue weighted by molar-refractivity contribution is 7.99. The van der Waals surface area contributed by atoms with Gasteiger partial charge >= 0.3 is 5.97 Å². The van der Waals surface area contributed by atoms with Crippen LogP contribution in [-0.2, 0) is 4.79 Å². The maximum atomic E-state index is 11.1. The minimum atomic E-state index is -0.981. The van der Waals surface area contributed by atoms with Crippen LogP contribution in [0, 0.1) is 11.8 Å². The monoisotopic (exact) mass is 218 g/mol. The van der Waals surface area contributed by atoms with Gasteiger partial charge in [-0.1, -0.05) is 13.8 Å². The zero-order chi connectivity index (χ0) is 10.8. The van der Waals surface area contributed by atoms with Crippen molar-refractivity contribution in [2.45, 2.75) is 32.3 Å². The molecule has 0 aliphatic carbocycles. The molecule has 0 radical (unpaired) electrons. The fourth-order valence-electron chi connectivity index (χ4n) is 2.17. The van der Waals surface area contributed by atoms with Gasteiger partial charge in [0.15, 0.2) is 0 Å². The molecule has 0 saturated carbocycles. The minimum Gasteiger partial charge on any atom is -0.481 e. The Kier molecular flexibility index (Phi) is 3.84. The third-order valence-corrected chi connectivity index (χ3v) is 3.86. The van der Waals surface area contributed by atoms with Gasteiger partial charge in [-0.2, -0.15) is 11.8 Å². The summed E-state index contributed by atoms with van der Waals surface area (Å²) in [6.07, 6.45) is 1.21. The van der Waals surface area contributed by atoms with Crippen LogP contribution in [0.5, 0.6) is 0 Å². The van der Waals surface area contributed by atoms with Crippen molar-refractivity contribution in [1.82, 2.24) is 0 Å². The number of aliphatic carboxylic acids is 1. The molecule has 0 spiro atoms. The van der Waals surface area contributed by atoms with E-state index < -0.39 is 17.5 Å². The average Bonchev–Trinajstić information content (AvgIpc) is 2.02. The Morgan fingerprint density at radius 2 is 1.86 bits per heavy atom. The second-order valence-corrected chi connectivity index (χ2v) is 5.50. The van der Waals surface area contributed by atoms with Crippen molar-refractivity contribution in [1.29, 1.82) is 0 Å². The van der Waals surface area contributed by atoms with Gasteiger partial charge in [0.05, 0.1) is 11.5 Å². The first-order chi connectivity index (χ1) is 6.47. The van der Waals surface area contributed by atoms with Crippen LogP contribution >= 0.6 is 11.8 Å². The molecule has 1 unspecified atom stereocenters. The molecule has 0 bridgehead atoms. The van der Waals surface area contributed by atoms with Gasteiger partial charge in [-0.15, -0.1) is 0 Å². The number of carboxylic acids is 1. The van der Waals surface area contributed by atoms with Crippen LogP contribution in [0.3, 0.4) is 0 Å². The van der Waals surface area contributed by atoms with Gasteiger partial charge in [0, 0.05) is 0 Å². The Balaban J connectivity index is 2.79. The standard InChI is InChI=1S/C10H18O3S/c1-7(2)8(9(11)12)10(13)3-5-14-6-4-10/h7-8,13H,3-6H2,1-2H3,(H,11,12). The highest BCUT2D eigenvalue weighted by Crippen LogP contribution is 2.36. The minimum absolute atomic E-state index is 0.0133. The maximum absolute atomic E-state index is 11.1. The number of carbonyl (C=O) groups is 1. The summed E-state index contributed by atoms with van der Waals surface area (Å²) in [6, 6.07) is 0. The smallest absolute Gasteiger partial charge is 0.309 e. The van der Waals surface area contributed by atoms with Crippen molar-refractivity contribution in [2.24, 2.45) is 11.8 Å². The molecule has 1 saturated heterocycles. The van der Waals surface area contributed by atoms with Crippen LogP contribution in [0.25, 0.3) is 0 Å². The van der Waals surface area contributed by atoms with E-state index >= 15 is 0 Å². The molecule has 82 valence electrons. The van der Waals surface area contributed by atoms with Crippen LogP contribution in [0.15, 0.2) is 0 Å². The Labute approximate surface area is 88.9 Å². The third kappa shape index (κ3) is 2.42. The Bertz CT molecular complexity index is 209. The number of hydrogen-bond donors (Lipinski definition) is 2. The van der Waals surface area contributed by atoms with Gasteiger partial charge in [0.1, 0.15) is 0 Å². The van der Waals surface area contributed by atoms with E-state index in [-0.39, 0.29) is 5.92 Å². The van der Waals surface area contributed by atoms with E-state index in [4.69, 9.17) is 5.11 Å². The van der Waals surface area contributed by atoms with Gasteiger partial charge in [-0.05, 0) is 30.3 Å². The molecule has 0 amide bonds. The lowest BCUT2D eigenvalue weighted by atomic mass is 9.76. The molecule has 3 nitrogen and oxygen atoms in total. The highest BCUT2D eigenvalue weighted by Gasteiger charge is 2.43. The summed E-state index contributed by atoms with van der Waals surface area (Å²) in [4.78, 5) is 11.1. The van der Waals surface area contributed by atoms with E-state index in [0.29, 0.717) is 12.8 Å². The van der Waals surface area contributed by atoms with Crippen molar-refractivity contribution < 1.29 is 15.0 Å². The molecule has 1 heterocycles. The average molecular weight is 218 g/mol. The number of aliphatic hydroxyl groups is 1. The van der Waals surface area contributed by atoms with Crippen molar-refractivity contribution in [3.05, 3.63) is 0 Å². The lowest BCUT2D eigenvalue weighted by Crippen LogP contribution is -2.47. The summed E-state index contributed by atoms with van der Waals surface area (Å²) in [5.74, 6) is 0.235. The number of rotatable bonds is 3. The lowest BCUT2D eigenvalue weighted by Gasteiger charge is -2.38. The fourth-order valence-corrected chi connectivity index (χ4v) is 3.37. The third-order valence-electron chi connectivity index (χ3n) is 2.87. The molecular formula is C10H18O3S. The second kappa shape index (κ2) is 4.53. The van der Waals surface area contributed by atoms with Crippen molar-refractivity contribution in [3.63, 3.8) is 0 Å². The van der Waals surface area contributed by atoms with Crippen LogP contribution in [-0.4, -0.2) is 33.3 Å². The van der Waals surface area contributed by atoms with E-state index in [2.05, 4.69) is 0 Å². The molecular weight excluding hydrogens is 200 g/mol. The van der Waals surface area contributed by atoms with E-state index in [0.717, 1.165) is 11.5 Å². The summed E-state index contributed by atoms with van der Waals surface area (Å²) in [5.41, 5.74) is -0.981. The normalized spacial score (nSPS) is 23.4. The van der Waals surface area contributed by atoms with Crippen LogP contribution < -0.4 is 0 Å². The largest absolute Gasteiger partial charge is 0.481 e. The number of carboxylic acid groups (broad SMARTS) is 1. The first kappa shape index (κ1) is 11.9. The predicted octanol–water partition coefficient (Wildman–Crippen LogP) is 1.60. The SMILES string of the molecule is CC(C)C(C(=O)O)C1(O)CCSCC1. The summed E-state index contributed by atoms with van der Waals surface area (Å²) in [6.45, 7) is 3.72. The Morgan fingerprint density at radius 3 is 2.21 bits per heavy atom. The summed E-state index contributed by atoms with van der Waals surface area (Å²) in [5, 5.41) is 19.4. The molecule has 4 heteroatoms. The molecule has 1 aliphatic heterocycles. The fraction of sp³-hybridized carbons (Fsp3) is 0.900. The van der Waals surface area contributed by atoms with Crippen LogP contribution in [0.2, 0.25) is 0 Å². The summed E-state index contributed by atoms with van der Waals surface area (Å²) in [7, 11) is 0. The first-order valence-corrected chi connectivity index (χ1v) is 6.16. The van der Waals surface area contributed by atoms with Crippen LogP contribution in [0.1, 0.15) is 26.7 Å². The van der Waals surface area contributed by atoms with Crippen LogP contribution in [0.4, 0.5) is 0 Å². The second-order valence-electron chi connectivity index (χ2n) is 4.28. The molecule has 1 aliphatic rings. The number of thioether (sulfide) groups is 1. The molecule has 0 aromatic rings. The van der Waals surface area contributed by atoms with Gasteiger partial charge in [0.2, 0.25) is 0 Å². The topological polar surface area (TPSA) is 57.5 Å². The molecule has 0 aromatic carbocycles. The van der Waals surface area contributed by atoms with E-state index in [1.807, 2.05) is 13.8 Å². The van der Waals surface area contributed by atoms with Gasteiger partial charge < -0.3 is 10.2 Å². The van der Waals surface area contributed by atoms with Crippen molar-refractivity contribution >= 4 is 17.7 Å². The van der Waals surface area contributed by atoms with Gasteiger partial charge in [0.25, 0.3) is 0 Å². The van der Waals surface area contributed by atoms with Crippen molar-refractivity contribution in [3.8, 4) is 0 Å². The molecule has 14 heavy (non-hydrogen) atoms. The number of hydrogen-bond acceptors (Lipinski definition) is 3. The quantitative estimate of drug-likeness (QED) is 0.755. The Morgan fingerprint density at radius 1 is 1.36 bits per heavy atom. The van der Waals surface area contributed by atoms with E-state index in [1.165, 1.54) is 0 Å². The summed E-state index contributed by atoms with van der Waals surface area (Å²) >= 11 is 1.79. The van der Waals surface area contributed by atoms with Gasteiger partial charge in [-0.25, -0.2) is 0 Å². The van der Waals surface area contributed by atoms with E-state index in [9.17, 15) is 9.90 Å². The molecule has 1 atom stereocenters. The van der Waals surface area contributed by atoms with E-state index in [1.54, 1.807) is 11.8 Å². The lowest BCUT2D eigenvalue weighted by molar-refractivity contribution is -0.156. The maximum Gasteiger partial charge on any atom is 0.309 e. The summed E-state index contributed by atoms with van der Waals surface area (Å²) < 4.78 is 0. The molecule has 0 aromatic heterocycles. The molecule has 2 N–H and O–H groups in total.